The van der Waals surface area contributed by atoms with Crippen molar-refractivity contribution in [3.63, 3.8) is 0 Å². The lowest BCUT2D eigenvalue weighted by atomic mass is 9.80. The van der Waals surface area contributed by atoms with Crippen molar-refractivity contribution in [1.29, 1.82) is 0 Å². The molecule has 0 aromatic carbocycles. The van der Waals surface area contributed by atoms with Gasteiger partial charge < -0.3 is 0 Å². The van der Waals surface area contributed by atoms with Crippen LogP contribution in [0.1, 0.15) is 93.4 Å². The van der Waals surface area contributed by atoms with Crippen molar-refractivity contribution >= 4 is 0 Å². The normalized spacial score (nSPS) is 28.4. The summed E-state index contributed by atoms with van der Waals surface area (Å²) < 4.78 is 27.1. The molecule has 0 aromatic rings. The molecule has 0 amide bonds. The van der Waals surface area contributed by atoms with Gasteiger partial charge in [-0.2, -0.15) is 0 Å². The lowest BCUT2D eigenvalue weighted by Gasteiger charge is -2.48. The fourth-order valence-electron chi connectivity index (χ4n) is 6.46. The predicted molar refractivity (Wildman–Crippen MR) is 127 cm³/mol. The van der Waals surface area contributed by atoms with Gasteiger partial charge >= 0.3 is 0 Å². The number of halogens is 2. The highest BCUT2D eigenvalue weighted by Crippen LogP contribution is 2.38. The van der Waals surface area contributed by atoms with Gasteiger partial charge in [-0.25, -0.2) is 8.78 Å². The molecule has 1 unspecified atom stereocenters. The van der Waals surface area contributed by atoms with Crippen LogP contribution in [0.4, 0.5) is 8.78 Å². The first-order valence-electron chi connectivity index (χ1n) is 12.8. The Morgan fingerprint density at radius 1 is 0.645 bits per heavy atom. The molecule has 3 fully saturated rings. The zero-order chi connectivity index (χ0) is 23.1. The molecule has 0 spiro atoms. The summed E-state index contributed by atoms with van der Waals surface area (Å²) in [7, 11) is 0. The van der Waals surface area contributed by atoms with E-state index in [1.165, 1.54) is 51.9 Å². The van der Waals surface area contributed by atoms with E-state index >= 15 is 0 Å². The minimum Gasteiger partial charge on any atom is -0.298 e. The summed E-state index contributed by atoms with van der Waals surface area (Å²) in [6.45, 7) is 22.4. The number of piperidine rings is 2. The van der Waals surface area contributed by atoms with Gasteiger partial charge in [0, 0.05) is 49.1 Å². The van der Waals surface area contributed by atoms with Crippen LogP contribution in [-0.4, -0.2) is 76.5 Å². The predicted octanol–water partition coefficient (Wildman–Crippen LogP) is 5.89. The van der Waals surface area contributed by atoms with Crippen molar-refractivity contribution in [3.05, 3.63) is 0 Å². The highest BCUT2D eigenvalue weighted by molar-refractivity contribution is 4.94. The Balaban J connectivity index is 1.45. The van der Waals surface area contributed by atoms with E-state index in [9.17, 15) is 8.78 Å². The summed E-state index contributed by atoms with van der Waals surface area (Å²) in [5.74, 6) is -0.928. The lowest BCUT2D eigenvalue weighted by molar-refractivity contribution is -0.0781. The molecule has 3 saturated heterocycles. The van der Waals surface area contributed by atoms with E-state index < -0.39 is 5.92 Å². The maximum atomic E-state index is 13.6. The fraction of sp³-hybridized carbons (Fsp3) is 1.00. The minimum atomic E-state index is -2.45. The topological polar surface area (TPSA) is 9.72 Å². The molecule has 3 heterocycles. The summed E-state index contributed by atoms with van der Waals surface area (Å²) in [5.41, 5.74) is 0.574. The number of nitrogens with zero attached hydrogens (tertiary/aromatic N) is 3. The molecular formula is C26H49F2N3. The van der Waals surface area contributed by atoms with Gasteiger partial charge in [-0.3, -0.25) is 14.7 Å². The van der Waals surface area contributed by atoms with Crippen molar-refractivity contribution in [2.75, 3.05) is 39.3 Å². The molecule has 1 atom stereocenters. The molecule has 3 aliphatic heterocycles. The average Bonchev–Trinajstić information content (AvgIpc) is 3.09. The second-order valence-electron chi connectivity index (χ2n) is 13.1. The first kappa shape index (κ1) is 25.4. The van der Waals surface area contributed by atoms with Crippen molar-refractivity contribution in [1.82, 2.24) is 14.7 Å². The average molecular weight is 442 g/mol. The molecule has 0 radical (unpaired) electrons. The summed E-state index contributed by atoms with van der Waals surface area (Å²) in [4.78, 5) is 7.71. The van der Waals surface area contributed by atoms with Gasteiger partial charge in [0.15, 0.2) is 0 Å². The molecule has 0 aliphatic carbocycles. The molecule has 3 aliphatic rings. The van der Waals surface area contributed by atoms with Crippen LogP contribution >= 0.6 is 0 Å². The lowest BCUT2D eigenvalue weighted by Crippen LogP contribution is -2.53. The van der Waals surface area contributed by atoms with Gasteiger partial charge in [0.1, 0.15) is 0 Å². The maximum absolute atomic E-state index is 13.6. The van der Waals surface area contributed by atoms with E-state index in [1.54, 1.807) is 0 Å². The van der Waals surface area contributed by atoms with Crippen LogP contribution in [0.3, 0.4) is 0 Å². The molecule has 0 N–H and O–H groups in total. The Kier molecular flexibility index (Phi) is 7.51. The largest absolute Gasteiger partial charge is 0.298 e. The van der Waals surface area contributed by atoms with Crippen LogP contribution in [0.15, 0.2) is 0 Å². The first-order chi connectivity index (χ1) is 14.2. The third-order valence-corrected chi connectivity index (χ3v) is 8.63. The van der Waals surface area contributed by atoms with E-state index in [0.29, 0.717) is 19.0 Å². The van der Waals surface area contributed by atoms with Crippen LogP contribution in [0.2, 0.25) is 0 Å². The molecule has 0 bridgehead atoms. The third-order valence-electron chi connectivity index (χ3n) is 8.63. The maximum Gasteiger partial charge on any atom is 0.250 e. The van der Waals surface area contributed by atoms with Crippen molar-refractivity contribution in [2.45, 2.75) is 116 Å². The Bertz CT molecular complexity index is 578. The quantitative estimate of drug-likeness (QED) is 0.509. The highest BCUT2D eigenvalue weighted by Gasteiger charge is 2.41. The molecular weight excluding hydrogens is 392 g/mol. The second kappa shape index (κ2) is 9.18. The van der Waals surface area contributed by atoms with Crippen LogP contribution in [0, 0.1) is 11.8 Å². The number of hydrogen-bond acceptors (Lipinski definition) is 3. The second-order valence-corrected chi connectivity index (χ2v) is 13.1. The molecule has 3 nitrogen and oxygen atoms in total. The van der Waals surface area contributed by atoms with Crippen molar-refractivity contribution in [3.8, 4) is 0 Å². The van der Waals surface area contributed by atoms with Gasteiger partial charge in [-0.1, -0.05) is 0 Å². The molecule has 0 saturated carbocycles. The van der Waals surface area contributed by atoms with E-state index in [4.69, 9.17) is 0 Å². The van der Waals surface area contributed by atoms with Gasteiger partial charge in [-0.15, -0.1) is 0 Å². The Morgan fingerprint density at radius 3 is 1.55 bits per heavy atom. The Hall–Kier alpha value is -0.260. The fourth-order valence-corrected chi connectivity index (χ4v) is 6.46. The van der Waals surface area contributed by atoms with Crippen LogP contribution in [0.5, 0.6) is 0 Å². The van der Waals surface area contributed by atoms with E-state index in [2.05, 4.69) is 63.2 Å². The van der Waals surface area contributed by atoms with Crippen molar-refractivity contribution < 1.29 is 8.78 Å². The number of hydrogen-bond donors (Lipinski definition) is 0. The molecule has 182 valence electrons. The van der Waals surface area contributed by atoms with Crippen LogP contribution in [-0.2, 0) is 0 Å². The van der Waals surface area contributed by atoms with Crippen LogP contribution < -0.4 is 0 Å². The molecule has 0 aromatic heterocycles. The van der Waals surface area contributed by atoms with Gasteiger partial charge in [0.25, 0.3) is 5.92 Å². The van der Waals surface area contributed by atoms with Crippen LogP contribution in [0.25, 0.3) is 0 Å². The van der Waals surface area contributed by atoms with Crippen molar-refractivity contribution in [2.24, 2.45) is 11.8 Å². The smallest absolute Gasteiger partial charge is 0.250 e. The summed E-state index contributed by atoms with van der Waals surface area (Å²) >= 11 is 0. The summed E-state index contributed by atoms with van der Waals surface area (Å²) in [5, 5.41) is 0. The number of likely N-dealkylation sites (tertiary alicyclic amines) is 3. The van der Waals surface area contributed by atoms with E-state index in [0.717, 1.165) is 12.3 Å². The molecule has 5 heteroatoms. The van der Waals surface area contributed by atoms with Gasteiger partial charge in [0.05, 0.1) is 0 Å². The number of alkyl halides is 2. The third kappa shape index (κ3) is 6.63. The molecule has 31 heavy (non-hydrogen) atoms. The zero-order valence-electron chi connectivity index (χ0n) is 21.4. The van der Waals surface area contributed by atoms with E-state index in [-0.39, 0.29) is 29.5 Å². The van der Waals surface area contributed by atoms with Gasteiger partial charge in [0.2, 0.25) is 0 Å². The first-order valence-corrected chi connectivity index (χ1v) is 12.8. The Labute approximate surface area is 190 Å². The molecule has 3 rings (SSSR count). The zero-order valence-corrected chi connectivity index (χ0v) is 21.4. The summed E-state index contributed by atoms with van der Waals surface area (Å²) in [6.07, 6.45) is 6.30. The monoisotopic (exact) mass is 441 g/mol. The summed E-state index contributed by atoms with van der Waals surface area (Å²) in [6, 6.07) is 0. The standard InChI is InChI=1S/C26H49F2N3/c1-23(2,3)31-15-10-22(20-31)19-25(6,7)29-13-8-21(9-14-29)18-24(4,5)30-16-11-26(27,28)12-17-30/h21-22H,8-20H2,1-7H3. The minimum absolute atomic E-state index is 0.0247. The number of rotatable bonds is 6. The van der Waals surface area contributed by atoms with Gasteiger partial charge in [-0.05, 0) is 112 Å². The van der Waals surface area contributed by atoms with E-state index in [1.807, 2.05) is 0 Å². The highest BCUT2D eigenvalue weighted by atomic mass is 19.3. The SMILES string of the molecule is CC(C)(C)N1CCC(CC(C)(C)N2CCC(CC(C)(C)N3CCC(F)(F)CC3)CC2)C1. The Morgan fingerprint density at radius 2 is 1.06 bits per heavy atom.